The number of carbonyl (C=O) groups is 1. The number of anilines is 1. The van der Waals surface area contributed by atoms with Crippen LogP contribution in [-0.4, -0.2) is 71.9 Å². The number of hydrogen-bond donors (Lipinski definition) is 0. The van der Waals surface area contributed by atoms with Crippen LogP contribution in [0.5, 0.6) is 0 Å². The Balaban J connectivity index is 0.00000240. The van der Waals surface area contributed by atoms with Crippen molar-refractivity contribution < 1.29 is 9.72 Å². The number of non-ortho nitro benzene ring substituents is 1. The highest BCUT2D eigenvalue weighted by Gasteiger charge is 2.19. The summed E-state index contributed by atoms with van der Waals surface area (Å²) in [6.45, 7) is 8.11. The molecule has 1 aliphatic heterocycles. The van der Waals surface area contributed by atoms with Crippen molar-refractivity contribution in [3.8, 4) is 0 Å². The number of likely N-dealkylation sites (N-methyl/N-ethyl adjacent to an activating group) is 1. The molecular formula is C20H29Br2N5O3S. The van der Waals surface area contributed by atoms with Gasteiger partial charge in [0.2, 0.25) is 0 Å². The minimum absolute atomic E-state index is 0. The smallest absolute Gasteiger partial charge is 0.269 e. The van der Waals surface area contributed by atoms with E-state index in [2.05, 4.69) is 21.7 Å². The normalized spacial score (nSPS) is 13.8. The third-order valence-electron chi connectivity index (χ3n) is 5.09. The Morgan fingerprint density at radius 2 is 1.84 bits per heavy atom. The van der Waals surface area contributed by atoms with Gasteiger partial charge in [-0.15, -0.1) is 45.3 Å². The quantitative estimate of drug-likeness (QED) is 0.347. The number of amides is 1. The minimum Gasteiger partial charge on any atom is -0.346 e. The van der Waals surface area contributed by atoms with Crippen LogP contribution in [0.4, 0.5) is 10.8 Å². The Labute approximate surface area is 207 Å². The lowest BCUT2D eigenvalue weighted by Crippen LogP contribution is -2.46. The van der Waals surface area contributed by atoms with Crippen molar-refractivity contribution in [3.05, 3.63) is 51.0 Å². The molecule has 1 fully saturated rings. The third-order valence-corrected chi connectivity index (χ3v) is 6.21. The minimum atomic E-state index is -0.469. The van der Waals surface area contributed by atoms with Crippen LogP contribution in [0.2, 0.25) is 0 Å². The van der Waals surface area contributed by atoms with Crippen LogP contribution >= 0.6 is 45.3 Å². The fourth-order valence-electron chi connectivity index (χ4n) is 3.36. The lowest BCUT2D eigenvalue weighted by molar-refractivity contribution is -0.384. The van der Waals surface area contributed by atoms with E-state index in [0.29, 0.717) is 12.1 Å². The molecule has 1 saturated heterocycles. The molecule has 1 amide bonds. The van der Waals surface area contributed by atoms with Crippen LogP contribution in [0, 0.1) is 10.1 Å². The first kappa shape index (κ1) is 27.5. The van der Waals surface area contributed by atoms with Gasteiger partial charge in [-0.05, 0) is 25.1 Å². The molecule has 0 unspecified atom stereocenters. The van der Waals surface area contributed by atoms with E-state index in [1.807, 2.05) is 6.20 Å². The molecule has 11 heteroatoms. The lowest BCUT2D eigenvalue weighted by atomic mass is 10.2. The van der Waals surface area contributed by atoms with E-state index in [1.54, 1.807) is 23.3 Å². The number of piperazine rings is 1. The summed E-state index contributed by atoms with van der Waals surface area (Å²) in [6, 6.07) is 5.72. The van der Waals surface area contributed by atoms with Gasteiger partial charge in [0.15, 0.2) is 5.13 Å². The maximum absolute atomic E-state index is 12.5. The zero-order valence-electron chi connectivity index (χ0n) is 17.7. The second kappa shape index (κ2) is 13.1. The van der Waals surface area contributed by atoms with Gasteiger partial charge in [-0.3, -0.25) is 19.8 Å². The Bertz CT molecular complexity index is 842. The highest BCUT2D eigenvalue weighted by Crippen LogP contribution is 2.24. The first-order valence-corrected chi connectivity index (χ1v) is 10.7. The Kier molecular flexibility index (Phi) is 11.6. The highest BCUT2D eigenvalue weighted by atomic mass is 79.9. The van der Waals surface area contributed by atoms with Crippen molar-refractivity contribution in [2.45, 2.75) is 19.8 Å². The molecule has 0 aliphatic carbocycles. The zero-order chi connectivity index (χ0) is 20.8. The van der Waals surface area contributed by atoms with Crippen LogP contribution in [-0.2, 0) is 6.42 Å². The predicted molar refractivity (Wildman–Crippen MR) is 135 cm³/mol. The number of nitro benzene ring substituents is 1. The first-order chi connectivity index (χ1) is 14.0. The fraction of sp³-hybridized carbons (Fsp3) is 0.500. The predicted octanol–water partition coefficient (Wildman–Crippen LogP) is 4.05. The van der Waals surface area contributed by atoms with Gasteiger partial charge in [-0.25, -0.2) is 4.98 Å². The molecule has 3 rings (SSSR count). The van der Waals surface area contributed by atoms with Crippen molar-refractivity contribution in [1.82, 2.24) is 14.8 Å². The molecule has 0 spiro atoms. The van der Waals surface area contributed by atoms with E-state index < -0.39 is 4.92 Å². The lowest BCUT2D eigenvalue weighted by Gasteiger charge is -2.34. The van der Waals surface area contributed by atoms with Gasteiger partial charge in [0.05, 0.1) is 4.92 Å². The van der Waals surface area contributed by atoms with Gasteiger partial charge in [0.25, 0.3) is 11.6 Å². The molecule has 0 radical (unpaired) electrons. The van der Waals surface area contributed by atoms with E-state index in [1.165, 1.54) is 30.7 Å². The van der Waals surface area contributed by atoms with E-state index >= 15 is 0 Å². The van der Waals surface area contributed by atoms with Gasteiger partial charge in [-0.2, -0.15) is 0 Å². The number of thiazole rings is 1. The molecule has 0 atom stereocenters. The van der Waals surface area contributed by atoms with Crippen LogP contribution in [0.1, 0.15) is 28.6 Å². The molecule has 2 heterocycles. The monoisotopic (exact) mass is 577 g/mol. The van der Waals surface area contributed by atoms with Crippen LogP contribution in [0.25, 0.3) is 0 Å². The first-order valence-electron chi connectivity index (χ1n) is 9.90. The third kappa shape index (κ3) is 7.51. The molecule has 2 aromatic rings. The standard InChI is InChI=1S/C20H27N5O3S.2BrH/c1-3-9-23-11-13-24(14-12-23)20-21-15-18(29-20)8-10-22(2)19(26)16-4-6-17(7-5-16)25(27)28;;/h4-7,15H,3,8-14H2,1-2H3;2*1H. The SMILES string of the molecule is Br.Br.CCCN1CCN(c2ncc(CCN(C)C(=O)c3ccc([N+](=O)[O-])cc3)s2)CC1. The van der Waals surface area contributed by atoms with Gasteiger partial charge >= 0.3 is 0 Å². The molecule has 1 aromatic carbocycles. The number of benzene rings is 1. The van der Waals surface area contributed by atoms with Crippen LogP contribution < -0.4 is 4.90 Å². The van der Waals surface area contributed by atoms with E-state index in [-0.39, 0.29) is 45.6 Å². The summed E-state index contributed by atoms with van der Waals surface area (Å²) < 4.78 is 0. The molecule has 0 bridgehead atoms. The summed E-state index contributed by atoms with van der Waals surface area (Å²) in [5.74, 6) is -0.142. The van der Waals surface area contributed by atoms with Gasteiger partial charge in [0.1, 0.15) is 0 Å². The van der Waals surface area contributed by atoms with Crippen molar-refractivity contribution in [1.29, 1.82) is 0 Å². The Hall–Kier alpha value is -1.56. The molecule has 1 aliphatic rings. The van der Waals surface area contributed by atoms with Gasteiger partial charge < -0.3 is 9.80 Å². The summed E-state index contributed by atoms with van der Waals surface area (Å²) in [5.41, 5.74) is 0.435. The van der Waals surface area contributed by atoms with E-state index in [9.17, 15) is 14.9 Å². The number of halogens is 2. The highest BCUT2D eigenvalue weighted by molar-refractivity contribution is 8.93. The maximum atomic E-state index is 12.5. The number of nitro groups is 1. The molecule has 0 N–H and O–H groups in total. The maximum Gasteiger partial charge on any atom is 0.269 e. The Morgan fingerprint density at radius 1 is 1.19 bits per heavy atom. The van der Waals surface area contributed by atoms with Crippen LogP contribution in [0.15, 0.2) is 30.5 Å². The van der Waals surface area contributed by atoms with Crippen molar-refractivity contribution in [2.24, 2.45) is 0 Å². The number of rotatable bonds is 8. The van der Waals surface area contributed by atoms with Crippen molar-refractivity contribution in [3.63, 3.8) is 0 Å². The largest absolute Gasteiger partial charge is 0.346 e. The van der Waals surface area contributed by atoms with Crippen molar-refractivity contribution >= 4 is 62.0 Å². The molecular weight excluding hydrogens is 550 g/mol. The van der Waals surface area contributed by atoms with E-state index in [0.717, 1.165) is 49.2 Å². The summed E-state index contributed by atoms with van der Waals surface area (Å²) >= 11 is 1.69. The summed E-state index contributed by atoms with van der Waals surface area (Å²) in [5, 5.41) is 11.8. The molecule has 172 valence electrons. The molecule has 1 aromatic heterocycles. The molecule has 0 saturated carbocycles. The topological polar surface area (TPSA) is 82.8 Å². The molecule has 31 heavy (non-hydrogen) atoms. The van der Waals surface area contributed by atoms with E-state index in [4.69, 9.17) is 0 Å². The number of nitrogens with zero attached hydrogens (tertiary/aromatic N) is 5. The summed E-state index contributed by atoms with van der Waals surface area (Å²) in [6.07, 6.45) is 3.83. The zero-order valence-corrected chi connectivity index (χ0v) is 22.0. The summed E-state index contributed by atoms with van der Waals surface area (Å²) in [4.78, 5) is 35.0. The Morgan fingerprint density at radius 3 is 2.42 bits per heavy atom. The fourth-order valence-corrected chi connectivity index (χ4v) is 4.31. The number of aromatic nitrogens is 1. The van der Waals surface area contributed by atoms with Crippen molar-refractivity contribution in [2.75, 3.05) is 51.2 Å². The second-order valence-corrected chi connectivity index (χ2v) is 8.31. The molecule has 8 nitrogen and oxygen atoms in total. The van der Waals surface area contributed by atoms with Crippen LogP contribution in [0.3, 0.4) is 0 Å². The second-order valence-electron chi connectivity index (χ2n) is 7.22. The van der Waals surface area contributed by atoms with Gasteiger partial charge in [0, 0.05) is 75.0 Å². The number of carbonyl (C=O) groups excluding carboxylic acids is 1. The average molecular weight is 579 g/mol. The van der Waals surface area contributed by atoms with Gasteiger partial charge in [-0.1, -0.05) is 6.92 Å². The summed E-state index contributed by atoms with van der Waals surface area (Å²) in [7, 11) is 1.75. The number of hydrogen-bond acceptors (Lipinski definition) is 7. The average Bonchev–Trinajstić information content (AvgIpc) is 3.21.